The van der Waals surface area contributed by atoms with Crippen LogP contribution in [0.3, 0.4) is 0 Å². The van der Waals surface area contributed by atoms with Crippen LogP contribution in [0.25, 0.3) is 0 Å². The number of benzene rings is 1. The summed E-state index contributed by atoms with van der Waals surface area (Å²) in [5.74, 6) is -0.306. The first-order valence-corrected chi connectivity index (χ1v) is 11.2. The van der Waals surface area contributed by atoms with Gasteiger partial charge in [-0.1, -0.05) is 11.6 Å². The van der Waals surface area contributed by atoms with Gasteiger partial charge in [0.1, 0.15) is 0 Å². The number of aromatic nitrogens is 1. The molecule has 2 aromatic rings. The molecule has 2 N–H and O–H groups in total. The van der Waals surface area contributed by atoms with Gasteiger partial charge in [-0.3, -0.25) is 14.5 Å². The van der Waals surface area contributed by atoms with Gasteiger partial charge < -0.3 is 15.4 Å². The average Bonchev–Trinajstić information content (AvgIpc) is 3.13. The number of ether oxygens (including phenoxy) is 1. The smallest absolute Gasteiger partial charge is 0.252 e. The quantitative estimate of drug-likeness (QED) is 0.603. The van der Waals surface area contributed by atoms with Crippen LogP contribution in [0.4, 0.5) is 5.69 Å². The molecule has 7 nitrogen and oxygen atoms in total. The summed E-state index contributed by atoms with van der Waals surface area (Å²) in [7, 11) is 1.57. The zero-order valence-electron chi connectivity index (χ0n) is 17.2. The lowest BCUT2D eigenvalue weighted by molar-refractivity contribution is -0.121. The Kier molecular flexibility index (Phi) is 8.21. The minimum absolute atomic E-state index is 0.00693. The number of amides is 2. The first-order valence-electron chi connectivity index (χ1n) is 9.97. The maximum Gasteiger partial charge on any atom is 0.252 e. The third kappa shape index (κ3) is 6.25. The summed E-state index contributed by atoms with van der Waals surface area (Å²) >= 11 is 7.91. The van der Waals surface area contributed by atoms with Gasteiger partial charge >= 0.3 is 0 Å². The highest BCUT2D eigenvalue weighted by atomic mass is 35.5. The number of hydrogen-bond donors (Lipinski definition) is 2. The predicted octanol–water partition coefficient (Wildman–Crippen LogP) is 3.33. The monoisotopic (exact) mass is 450 g/mol. The molecule has 9 heteroatoms. The zero-order valence-corrected chi connectivity index (χ0v) is 18.8. The van der Waals surface area contributed by atoms with Gasteiger partial charge in [-0.15, -0.1) is 11.3 Å². The number of piperidine rings is 1. The molecule has 1 aromatic heterocycles. The van der Waals surface area contributed by atoms with Crippen molar-refractivity contribution in [2.45, 2.75) is 26.3 Å². The second-order valence-corrected chi connectivity index (χ2v) is 8.81. The molecular formula is C21H27ClN4O3S. The number of likely N-dealkylation sites (tertiary alicyclic amines) is 1. The van der Waals surface area contributed by atoms with E-state index in [9.17, 15) is 9.59 Å². The topological polar surface area (TPSA) is 83.6 Å². The fraction of sp³-hybridized carbons (Fsp3) is 0.476. The molecule has 1 aromatic carbocycles. The van der Waals surface area contributed by atoms with Crippen molar-refractivity contribution in [1.29, 1.82) is 0 Å². The Hall–Kier alpha value is -2.00. The molecule has 3 rings (SSSR count). The number of nitrogens with one attached hydrogen (secondary N) is 2. The largest absolute Gasteiger partial charge is 0.383 e. The third-order valence-electron chi connectivity index (χ3n) is 5.08. The molecule has 1 aliphatic heterocycles. The molecule has 0 saturated carbocycles. The Morgan fingerprint density at radius 2 is 2.10 bits per heavy atom. The van der Waals surface area contributed by atoms with Crippen molar-refractivity contribution in [2.24, 2.45) is 5.92 Å². The van der Waals surface area contributed by atoms with Gasteiger partial charge in [0.25, 0.3) is 5.91 Å². The fourth-order valence-corrected chi connectivity index (χ4v) is 4.32. The van der Waals surface area contributed by atoms with Crippen LogP contribution in [0.2, 0.25) is 5.02 Å². The Morgan fingerprint density at radius 1 is 1.33 bits per heavy atom. The van der Waals surface area contributed by atoms with E-state index in [0.29, 0.717) is 29.4 Å². The van der Waals surface area contributed by atoms with Crippen molar-refractivity contribution < 1.29 is 14.3 Å². The van der Waals surface area contributed by atoms with Crippen molar-refractivity contribution in [3.8, 4) is 0 Å². The average molecular weight is 451 g/mol. The number of aryl methyl sites for hydroxylation is 1. The van der Waals surface area contributed by atoms with E-state index in [2.05, 4.69) is 25.9 Å². The lowest BCUT2D eigenvalue weighted by atomic mass is 9.95. The van der Waals surface area contributed by atoms with Crippen molar-refractivity contribution in [1.82, 2.24) is 15.2 Å². The molecular weight excluding hydrogens is 424 g/mol. The number of rotatable bonds is 8. The minimum atomic E-state index is -0.266. The third-order valence-corrected chi connectivity index (χ3v) is 6.22. The fourth-order valence-electron chi connectivity index (χ4n) is 3.45. The van der Waals surface area contributed by atoms with Gasteiger partial charge in [0.05, 0.1) is 27.9 Å². The summed E-state index contributed by atoms with van der Waals surface area (Å²) in [6.07, 6.45) is 1.62. The lowest BCUT2D eigenvalue weighted by Gasteiger charge is -2.30. The normalized spacial score (nSPS) is 15.2. The molecule has 162 valence electrons. The van der Waals surface area contributed by atoms with Crippen LogP contribution < -0.4 is 10.6 Å². The Morgan fingerprint density at radius 3 is 2.73 bits per heavy atom. The standard InChI is InChI=1S/C21H27ClN4O3S/c1-14-24-17(13-30-14)12-26-8-5-15(6-9-26)20(27)25-16-3-4-18(19(22)11-16)21(28)23-7-10-29-2/h3-4,11,13,15H,5-10,12H2,1-2H3,(H,23,28)(H,25,27). The number of anilines is 1. The van der Waals surface area contributed by atoms with E-state index in [0.717, 1.165) is 43.2 Å². The zero-order chi connectivity index (χ0) is 21.5. The van der Waals surface area contributed by atoms with Crippen molar-refractivity contribution in [3.63, 3.8) is 0 Å². The summed E-state index contributed by atoms with van der Waals surface area (Å²) in [6, 6.07) is 4.94. The predicted molar refractivity (Wildman–Crippen MR) is 119 cm³/mol. The van der Waals surface area contributed by atoms with Gasteiger partial charge in [-0.05, 0) is 51.1 Å². The van der Waals surface area contributed by atoms with Gasteiger partial charge in [0.2, 0.25) is 5.91 Å². The maximum atomic E-state index is 12.7. The van der Waals surface area contributed by atoms with E-state index >= 15 is 0 Å². The summed E-state index contributed by atoms with van der Waals surface area (Å²) in [6.45, 7) is 5.43. The number of thiazole rings is 1. The molecule has 2 amide bonds. The molecule has 0 atom stereocenters. The van der Waals surface area contributed by atoms with Gasteiger partial charge in [0.15, 0.2) is 0 Å². The SMILES string of the molecule is COCCNC(=O)c1ccc(NC(=O)C2CCN(Cc3csc(C)n3)CC2)cc1Cl. The molecule has 30 heavy (non-hydrogen) atoms. The number of halogens is 1. The summed E-state index contributed by atoms with van der Waals surface area (Å²) < 4.78 is 4.92. The first-order chi connectivity index (χ1) is 14.5. The van der Waals surface area contributed by atoms with E-state index in [1.54, 1.807) is 36.6 Å². The number of methoxy groups -OCH3 is 1. The highest BCUT2D eigenvalue weighted by molar-refractivity contribution is 7.09. The highest BCUT2D eigenvalue weighted by Gasteiger charge is 2.25. The molecule has 2 heterocycles. The van der Waals surface area contributed by atoms with Gasteiger partial charge in [-0.25, -0.2) is 4.98 Å². The number of carbonyl (C=O) groups excluding carboxylic acids is 2. The van der Waals surface area contributed by atoms with Crippen molar-refractivity contribution in [2.75, 3.05) is 38.7 Å². The van der Waals surface area contributed by atoms with Crippen molar-refractivity contribution >= 4 is 40.4 Å². The van der Waals surface area contributed by atoms with E-state index < -0.39 is 0 Å². The van der Waals surface area contributed by atoms with Gasteiger partial charge in [-0.2, -0.15) is 0 Å². The molecule has 0 bridgehead atoms. The van der Waals surface area contributed by atoms with Crippen molar-refractivity contribution in [3.05, 3.63) is 44.9 Å². The molecule has 0 aliphatic carbocycles. The number of carbonyl (C=O) groups is 2. The van der Waals surface area contributed by atoms with Crippen LogP contribution in [-0.4, -0.2) is 55.0 Å². The summed E-state index contributed by atoms with van der Waals surface area (Å²) in [5.41, 5.74) is 2.07. The molecule has 1 aliphatic rings. The lowest BCUT2D eigenvalue weighted by Crippen LogP contribution is -2.37. The van der Waals surface area contributed by atoms with Crippen LogP contribution >= 0.6 is 22.9 Å². The Bertz CT molecular complexity index is 881. The van der Waals surface area contributed by atoms with Crippen LogP contribution in [-0.2, 0) is 16.1 Å². The molecule has 0 spiro atoms. The van der Waals surface area contributed by atoms with E-state index in [1.807, 2.05) is 6.92 Å². The molecule has 1 fully saturated rings. The Balaban J connectivity index is 1.49. The van der Waals surface area contributed by atoms with E-state index in [-0.39, 0.29) is 17.7 Å². The van der Waals surface area contributed by atoms with Crippen LogP contribution in [0.5, 0.6) is 0 Å². The van der Waals surface area contributed by atoms with E-state index in [4.69, 9.17) is 16.3 Å². The second-order valence-electron chi connectivity index (χ2n) is 7.34. The molecule has 1 saturated heterocycles. The van der Waals surface area contributed by atoms with E-state index in [1.165, 1.54) is 0 Å². The number of hydrogen-bond acceptors (Lipinski definition) is 6. The molecule has 0 unspecified atom stereocenters. The van der Waals surface area contributed by atoms with Gasteiger partial charge in [0, 0.05) is 37.2 Å². The highest BCUT2D eigenvalue weighted by Crippen LogP contribution is 2.24. The number of nitrogens with zero attached hydrogens (tertiary/aromatic N) is 2. The Labute approximate surface area is 185 Å². The summed E-state index contributed by atoms with van der Waals surface area (Å²) in [5, 5.41) is 9.14. The van der Waals surface area contributed by atoms with Crippen LogP contribution in [0, 0.1) is 12.8 Å². The first kappa shape index (κ1) is 22.7. The second kappa shape index (κ2) is 10.9. The van der Waals surface area contributed by atoms with Crippen LogP contribution in [0.15, 0.2) is 23.6 Å². The van der Waals surface area contributed by atoms with Crippen LogP contribution in [0.1, 0.15) is 33.9 Å². The maximum absolute atomic E-state index is 12.7. The minimum Gasteiger partial charge on any atom is -0.383 e. The summed E-state index contributed by atoms with van der Waals surface area (Å²) in [4.78, 5) is 31.7. The molecule has 0 radical (unpaired) electrons.